The lowest BCUT2D eigenvalue weighted by Gasteiger charge is -2.45. The minimum absolute atomic E-state index is 0.0909. The van der Waals surface area contributed by atoms with Crippen LogP contribution in [-0.4, -0.2) is 6.71 Å². The Hall–Kier alpha value is -7.66. The molecule has 78 heavy (non-hydrogen) atoms. The number of fused-ring (bicyclic) bond motifs is 11. The van der Waals surface area contributed by atoms with Crippen LogP contribution in [0.4, 0.5) is 34.1 Å². The van der Waals surface area contributed by atoms with E-state index in [2.05, 4.69) is 281 Å². The van der Waals surface area contributed by atoms with Gasteiger partial charge in [0.1, 0.15) is 0 Å². The summed E-state index contributed by atoms with van der Waals surface area (Å²) >= 11 is 1.90. The fourth-order valence-electron chi connectivity index (χ4n) is 12.8. The minimum atomic E-state index is -0.0970. The normalized spacial score (nSPS) is 13.8. The minimum Gasteiger partial charge on any atom is -0.311 e. The average Bonchev–Trinajstić information content (AvgIpc) is 2.36. The predicted molar refractivity (Wildman–Crippen MR) is 344 cm³/mol. The number of anilines is 6. The van der Waals surface area contributed by atoms with Crippen molar-refractivity contribution in [2.75, 3.05) is 9.80 Å². The predicted octanol–water partition coefficient (Wildman–Crippen LogP) is 19.6. The molecule has 0 bridgehead atoms. The van der Waals surface area contributed by atoms with Gasteiger partial charge in [-0.05, 0) is 199 Å². The maximum Gasteiger partial charge on any atom is 0.252 e. The highest BCUT2D eigenvalue weighted by Gasteiger charge is 2.45. The zero-order valence-electron chi connectivity index (χ0n) is 47.3. The van der Waals surface area contributed by atoms with Crippen molar-refractivity contribution in [1.29, 1.82) is 0 Å². The average molecular weight is 1030 g/mol. The van der Waals surface area contributed by atoms with E-state index in [-0.39, 0.29) is 28.4 Å². The van der Waals surface area contributed by atoms with E-state index in [0.717, 1.165) is 0 Å². The maximum atomic E-state index is 2.68. The molecule has 0 aliphatic carbocycles. The van der Waals surface area contributed by atoms with Gasteiger partial charge in [0.25, 0.3) is 6.71 Å². The van der Waals surface area contributed by atoms with Gasteiger partial charge in [0.15, 0.2) is 0 Å². The third-order valence-electron chi connectivity index (χ3n) is 17.2. The lowest BCUT2D eigenvalue weighted by Crippen LogP contribution is -2.61. The fourth-order valence-corrected chi connectivity index (χ4v) is 13.9. The van der Waals surface area contributed by atoms with Gasteiger partial charge < -0.3 is 9.80 Å². The molecule has 0 atom stereocenters. The van der Waals surface area contributed by atoms with Crippen LogP contribution >= 0.6 is 11.3 Å². The number of hydrogen-bond donors (Lipinski definition) is 0. The van der Waals surface area contributed by atoms with Gasteiger partial charge in [-0.1, -0.05) is 186 Å². The first-order valence-electron chi connectivity index (χ1n) is 28.1. The first-order valence-corrected chi connectivity index (χ1v) is 28.9. The van der Waals surface area contributed by atoms with Crippen LogP contribution in [0.5, 0.6) is 0 Å². The summed E-state index contributed by atoms with van der Waals surface area (Å²) in [5.74, 6) is 0. The molecule has 382 valence electrons. The second-order valence-electron chi connectivity index (χ2n) is 26.8. The van der Waals surface area contributed by atoms with E-state index in [1.807, 2.05) is 11.3 Å². The molecule has 0 amide bonds. The van der Waals surface area contributed by atoms with Crippen LogP contribution in [-0.2, 0) is 21.7 Å². The van der Waals surface area contributed by atoms with Crippen molar-refractivity contribution < 1.29 is 0 Å². The van der Waals surface area contributed by atoms with Gasteiger partial charge in [0.2, 0.25) is 0 Å². The van der Waals surface area contributed by atoms with E-state index in [9.17, 15) is 0 Å². The Labute approximate surface area is 465 Å². The Morgan fingerprint density at radius 3 is 1.14 bits per heavy atom. The molecule has 2 aliphatic rings. The SMILES string of the molecule is CC(C)(C)c1cc(N2c3cc4cc5ccccc5cc4cc3B3c4cc5cc6ccccc6cc5cc4N(c4cc(C(C)(C)C)cc(C(C)(C)C)c4)c4cc(-c5cccc6sc7ccccc7c56)cc2c43)cc(C(C)(C)C)c1. The summed E-state index contributed by atoms with van der Waals surface area (Å²) < 4.78 is 2.62. The lowest BCUT2D eigenvalue weighted by molar-refractivity contribution is 0.568. The molecule has 0 fully saturated rings. The molecule has 0 N–H and O–H groups in total. The van der Waals surface area contributed by atoms with Crippen LogP contribution < -0.4 is 26.2 Å². The van der Waals surface area contributed by atoms with E-state index in [1.165, 1.54) is 147 Å². The smallest absolute Gasteiger partial charge is 0.252 e. The van der Waals surface area contributed by atoms with E-state index < -0.39 is 0 Å². The van der Waals surface area contributed by atoms with Crippen molar-refractivity contribution in [1.82, 2.24) is 0 Å². The zero-order valence-corrected chi connectivity index (χ0v) is 48.1. The van der Waals surface area contributed by atoms with Crippen molar-refractivity contribution >= 4 is 132 Å². The standard InChI is InChI=1S/C74H67BN2S/c1-71(2,3)53-38-54(72(4,5)6)41-57(40-53)76-63-34-50-30-46-22-15-13-20-44(46)28-48(50)32-61(63)75-62-33-49-29-45-21-14-16-23-47(45)31-51(49)35-64(62)77(58-42-55(73(7,8)9)39-56(43-58)74(10,11)12)66-37-52(36-65(76)70(66)75)59-25-19-27-68-69(59)60-24-17-18-26-67(60)78-68/h13-43H,1-12H3. The molecule has 0 spiro atoms. The van der Waals surface area contributed by atoms with Crippen LogP contribution in [0.15, 0.2) is 188 Å². The van der Waals surface area contributed by atoms with Crippen LogP contribution in [0, 0.1) is 0 Å². The van der Waals surface area contributed by atoms with E-state index in [0.29, 0.717) is 0 Å². The largest absolute Gasteiger partial charge is 0.311 e. The second-order valence-corrected chi connectivity index (χ2v) is 27.8. The van der Waals surface area contributed by atoms with Crippen LogP contribution in [0.3, 0.4) is 0 Å². The Morgan fingerprint density at radius 1 is 0.333 bits per heavy atom. The first kappa shape index (κ1) is 48.7. The van der Waals surface area contributed by atoms with Crippen LogP contribution in [0.1, 0.15) is 105 Å². The molecular formula is C74H67BN2S. The topological polar surface area (TPSA) is 6.48 Å². The molecule has 0 radical (unpaired) electrons. The van der Waals surface area contributed by atoms with Crippen molar-refractivity contribution in [3.63, 3.8) is 0 Å². The van der Waals surface area contributed by atoms with Gasteiger partial charge in [0.05, 0.1) is 0 Å². The molecule has 2 aliphatic heterocycles. The number of thiophene rings is 1. The fraction of sp³-hybridized carbons (Fsp3) is 0.216. The van der Waals surface area contributed by atoms with Gasteiger partial charge in [-0.3, -0.25) is 0 Å². The first-order chi connectivity index (χ1) is 37.1. The third-order valence-corrected chi connectivity index (χ3v) is 18.4. The number of nitrogens with zero attached hydrogens (tertiary/aromatic N) is 2. The van der Waals surface area contributed by atoms with Crippen LogP contribution in [0.2, 0.25) is 0 Å². The number of rotatable bonds is 3. The summed E-state index contributed by atoms with van der Waals surface area (Å²) in [5, 5.41) is 12.6. The quantitative estimate of drug-likeness (QED) is 0.129. The molecule has 0 unspecified atom stereocenters. The zero-order chi connectivity index (χ0) is 53.9. The number of benzene rings is 11. The molecular weight excluding hydrogens is 960 g/mol. The highest BCUT2D eigenvalue weighted by atomic mass is 32.1. The summed E-state index contributed by atoms with van der Waals surface area (Å²) in [6, 6.07) is 73.7. The van der Waals surface area contributed by atoms with Crippen molar-refractivity contribution in [2.45, 2.75) is 105 Å². The molecule has 14 rings (SSSR count). The third kappa shape index (κ3) is 7.80. The number of hydrogen-bond acceptors (Lipinski definition) is 3. The second kappa shape index (κ2) is 16.9. The highest BCUT2D eigenvalue weighted by molar-refractivity contribution is 7.26. The summed E-state index contributed by atoms with van der Waals surface area (Å²) in [7, 11) is 0. The molecule has 1 aromatic heterocycles. The van der Waals surface area contributed by atoms with Crippen LogP contribution in [0.25, 0.3) is 74.4 Å². The molecule has 0 saturated heterocycles. The molecule has 0 saturated carbocycles. The molecule has 4 heteroatoms. The van der Waals surface area contributed by atoms with E-state index in [4.69, 9.17) is 0 Å². The van der Waals surface area contributed by atoms with Gasteiger partial charge in [-0.15, -0.1) is 11.3 Å². The van der Waals surface area contributed by atoms with Crippen molar-refractivity contribution in [3.05, 3.63) is 210 Å². The van der Waals surface area contributed by atoms with Gasteiger partial charge in [-0.2, -0.15) is 0 Å². The molecule has 2 nitrogen and oxygen atoms in total. The van der Waals surface area contributed by atoms with Crippen molar-refractivity contribution in [2.24, 2.45) is 0 Å². The summed E-state index contributed by atoms with van der Waals surface area (Å²) in [6.45, 7) is 28.3. The Morgan fingerprint density at radius 2 is 0.718 bits per heavy atom. The van der Waals surface area contributed by atoms with E-state index in [1.54, 1.807) is 0 Å². The summed E-state index contributed by atoms with van der Waals surface area (Å²) in [5.41, 5.74) is 18.7. The molecule has 3 heterocycles. The van der Waals surface area contributed by atoms with E-state index >= 15 is 0 Å². The lowest BCUT2D eigenvalue weighted by atomic mass is 9.33. The van der Waals surface area contributed by atoms with Gasteiger partial charge in [0, 0.05) is 54.3 Å². The maximum absolute atomic E-state index is 2.68. The summed E-state index contributed by atoms with van der Waals surface area (Å²) in [4.78, 5) is 5.37. The monoisotopic (exact) mass is 1030 g/mol. The molecule has 11 aromatic carbocycles. The Bertz CT molecular complexity index is 4220. The Kier molecular flexibility index (Phi) is 10.6. The van der Waals surface area contributed by atoms with Gasteiger partial charge in [-0.25, -0.2) is 0 Å². The summed E-state index contributed by atoms with van der Waals surface area (Å²) in [6.07, 6.45) is 0. The van der Waals surface area contributed by atoms with Gasteiger partial charge >= 0.3 is 0 Å². The molecule has 12 aromatic rings. The highest BCUT2D eigenvalue weighted by Crippen LogP contribution is 2.51. The Balaban J connectivity index is 1.19. The van der Waals surface area contributed by atoms with Crippen molar-refractivity contribution in [3.8, 4) is 11.1 Å².